The molecule has 11 heteroatoms. The number of rotatable bonds is 6. The Morgan fingerprint density at radius 2 is 1.81 bits per heavy atom. The molecule has 0 fully saturated rings. The van der Waals surface area contributed by atoms with E-state index in [9.17, 15) is 24.0 Å². The van der Waals surface area contributed by atoms with E-state index >= 15 is 0 Å². The first kappa shape index (κ1) is 21.7. The summed E-state index contributed by atoms with van der Waals surface area (Å²) >= 11 is 0. The summed E-state index contributed by atoms with van der Waals surface area (Å²) in [7, 11) is 1.24. The molecule has 1 aromatic carbocycles. The van der Waals surface area contributed by atoms with Crippen LogP contribution in [0.2, 0.25) is 0 Å². The first-order valence-electron chi connectivity index (χ1n) is 9.40. The molecule has 3 aromatic rings. The van der Waals surface area contributed by atoms with Gasteiger partial charge < -0.3 is 10.5 Å². The van der Waals surface area contributed by atoms with E-state index in [-0.39, 0.29) is 34.7 Å². The van der Waals surface area contributed by atoms with Crippen molar-refractivity contribution < 1.29 is 14.3 Å². The summed E-state index contributed by atoms with van der Waals surface area (Å²) in [5.74, 6) is -2.09. The molecule has 0 aliphatic rings. The predicted octanol–water partition coefficient (Wildman–Crippen LogP) is 0.0614. The minimum Gasteiger partial charge on any atom is -0.452 e. The molecule has 0 bridgehead atoms. The number of hydrogen-bond acceptors (Lipinski definition) is 8. The van der Waals surface area contributed by atoms with Crippen molar-refractivity contribution in [3.8, 4) is 0 Å². The van der Waals surface area contributed by atoms with Crippen LogP contribution in [0.3, 0.4) is 0 Å². The Bertz CT molecular complexity index is 1370. The number of esters is 1. The van der Waals surface area contributed by atoms with Crippen LogP contribution in [0.15, 0.2) is 38.6 Å². The molecule has 0 aliphatic carbocycles. The summed E-state index contributed by atoms with van der Waals surface area (Å²) in [6.07, 6.45) is 0. The van der Waals surface area contributed by atoms with Crippen LogP contribution in [0, 0.1) is 5.92 Å². The number of nitrogens with two attached hydrogens (primary N) is 1. The number of benzene rings is 1. The van der Waals surface area contributed by atoms with Crippen LogP contribution in [-0.2, 0) is 18.3 Å². The Balaban J connectivity index is 1.92. The fourth-order valence-electron chi connectivity index (χ4n) is 3.13. The van der Waals surface area contributed by atoms with Crippen molar-refractivity contribution in [2.75, 3.05) is 12.3 Å². The molecule has 2 heterocycles. The van der Waals surface area contributed by atoms with Crippen LogP contribution in [0.5, 0.6) is 0 Å². The number of aromatic nitrogens is 4. The largest absolute Gasteiger partial charge is 0.452 e. The zero-order valence-electron chi connectivity index (χ0n) is 17.2. The third kappa shape index (κ3) is 4.02. The third-order valence-electron chi connectivity index (χ3n) is 4.63. The first-order chi connectivity index (χ1) is 14.6. The molecule has 0 atom stereocenters. The first-order valence-corrected chi connectivity index (χ1v) is 9.40. The van der Waals surface area contributed by atoms with Gasteiger partial charge in [-0.2, -0.15) is 5.10 Å². The van der Waals surface area contributed by atoms with Crippen molar-refractivity contribution in [3.63, 3.8) is 0 Å². The molecule has 0 saturated heterocycles. The number of fused-ring (bicyclic) bond motifs is 1. The van der Waals surface area contributed by atoms with E-state index in [0.29, 0.717) is 0 Å². The molecule has 0 amide bonds. The lowest BCUT2D eigenvalue weighted by molar-refractivity contribution is 0.0469. The molecular formula is C20H21N5O6. The number of ketones is 1. The van der Waals surface area contributed by atoms with E-state index in [0.717, 1.165) is 9.13 Å². The van der Waals surface area contributed by atoms with Gasteiger partial charge in [-0.15, -0.1) is 0 Å². The van der Waals surface area contributed by atoms with Gasteiger partial charge in [0.05, 0.1) is 5.39 Å². The zero-order chi connectivity index (χ0) is 22.9. The molecule has 162 valence electrons. The van der Waals surface area contributed by atoms with Gasteiger partial charge in [0.15, 0.2) is 12.3 Å². The van der Waals surface area contributed by atoms with Crippen molar-refractivity contribution in [2.24, 2.45) is 13.0 Å². The van der Waals surface area contributed by atoms with Crippen molar-refractivity contribution >= 4 is 28.3 Å². The maximum absolute atomic E-state index is 12.7. The van der Waals surface area contributed by atoms with Crippen molar-refractivity contribution in [3.05, 3.63) is 66.7 Å². The van der Waals surface area contributed by atoms with E-state index in [4.69, 9.17) is 10.5 Å². The second-order valence-electron chi connectivity index (χ2n) is 7.36. The number of H-pyrrole nitrogens is 1. The molecule has 0 aliphatic heterocycles. The second-order valence-corrected chi connectivity index (χ2v) is 7.36. The number of ether oxygens (including phenoxy) is 1. The number of nitrogens with one attached hydrogen (secondary N) is 1. The Morgan fingerprint density at radius 3 is 2.45 bits per heavy atom. The molecule has 0 spiro atoms. The highest BCUT2D eigenvalue weighted by Crippen LogP contribution is 2.14. The Labute approximate surface area is 175 Å². The minimum atomic E-state index is -0.966. The van der Waals surface area contributed by atoms with Gasteiger partial charge in [0.2, 0.25) is 5.78 Å². The quantitative estimate of drug-likeness (QED) is 0.413. The van der Waals surface area contributed by atoms with Crippen LogP contribution in [0.4, 0.5) is 5.82 Å². The van der Waals surface area contributed by atoms with Crippen molar-refractivity contribution in [1.82, 2.24) is 19.3 Å². The zero-order valence-corrected chi connectivity index (χ0v) is 17.2. The predicted molar refractivity (Wildman–Crippen MR) is 112 cm³/mol. The number of Topliss-reactive ketones (excluding diaryl/α,β-unsaturated/α-hetero) is 1. The van der Waals surface area contributed by atoms with E-state index in [1.165, 1.54) is 19.2 Å². The molecule has 0 radical (unpaired) electrons. The molecule has 11 nitrogen and oxygen atoms in total. The van der Waals surface area contributed by atoms with Crippen LogP contribution < -0.4 is 22.5 Å². The summed E-state index contributed by atoms with van der Waals surface area (Å²) in [5.41, 5.74) is 3.32. The second kappa shape index (κ2) is 8.38. The SMILES string of the molecule is CC(C)Cn1c(N)c(C(=O)COC(=O)c2n[nH]c(=O)c3ccccc23)c(=O)n(C)c1=O. The highest BCUT2D eigenvalue weighted by atomic mass is 16.5. The minimum absolute atomic E-state index is 0.0258. The summed E-state index contributed by atoms with van der Waals surface area (Å²) < 4.78 is 6.95. The topological polar surface area (TPSA) is 159 Å². The Hall–Kier alpha value is -4.02. The third-order valence-corrected chi connectivity index (χ3v) is 4.63. The summed E-state index contributed by atoms with van der Waals surface area (Å²) in [6, 6.07) is 6.28. The fraction of sp³-hybridized carbons (Fsp3) is 0.300. The maximum atomic E-state index is 12.7. The Kier molecular flexibility index (Phi) is 5.86. The van der Waals surface area contributed by atoms with Crippen LogP contribution >= 0.6 is 0 Å². The van der Waals surface area contributed by atoms with Gasteiger partial charge in [-0.25, -0.2) is 14.7 Å². The van der Waals surface area contributed by atoms with Gasteiger partial charge >= 0.3 is 11.7 Å². The number of carbonyl (C=O) groups excluding carboxylic acids is 2. The van der Waals surface area contributed by atoms with Gasteiger partial charge in [0.1, 0.15) is 11.4 Å². The molecule has 3 rings (SSSR count). The van der Waals surface area contributed by atoms with Gasteiger partial charge in [-0.3, -0.25) is 23.5 Å². The maximum Gasteiger partial charge on any atom is 0.359 e. The number of carbonyl (C=O) groups is 2. The number of nitrogen functional groups attached to an aromatic ring is 1. The lowest BCUT2D eigenvalue weighted by Gasteiger charge is -2.16. The van der Waals surface area contributed by atoms with Gasteiger partial charge in [0.25, 0.3) is 11.1 Å². The normalized spacial score (nSPS) is 11.1. The van der Waals surface area contributed by atoms with Crippen LogP contribution in [-0.4, -0.2) is 37.7 Å². The van der Waals surface area contributed by atoms with Crippen LogP contribution in [0.25, 0.3) is 10.8 Å². The molecule has 31 heavy (non-hydrogen) atoms. The van der Waals surface area contributed by atoms with E-state index < -0.39 is 40.7 Å². The fourth-order valence-corrected chi connectivity index (χ4v) is 3.13. The summed E-state index contributed by atoms with van der Waals surface area (Å²) in [5, 5.41) is 6.39. The molecule has 0 unspecified atom stereocenters. The van der Waals surface area contributed by atoms with Crippen LogP contribution in [0.1, 0.15) is 34.7 Å². The monoisotopic (exact) mass is 427 g/mol. The van der Waals surface area contributed by atoms with Crippen molar-refractivity contribution in [1.29, 1.82) is 0 Å². The van der Waals surface area contributed by atoms with Gasteiger partial charge in [-0.1, -0.05) is 32.0 Å². The average Bonchev–Trinajstić information content (AvgIpc) is 2.74. The summed E-state index contributed by atoms with van der Waals surface area (Å²) in [4.78, 5) is 61.8. The summed E-state index contributed by atoms with van der Waals surface area (Å²) in [6.45, 7) is 3.10. The lowest BCUT2D eigenvalue weighted by atomic mass is 10.1. The number of aromatic amines is 1. The standard InChI is InChI=1S/C20H21N5O6/c1-10(2)8-25-16(21)14(18(28)24(3)20(25)30)13(26)9-31-19(29)15-11-6-4-5-7-12(11)17(27)23-22-15/h4-7,10H,8-9,21H2,1-3H3,(H,23,27). The number of hydrogen-bond donors (Lipinski definition) is 2. The van der Waals surface area contributed by atoms with Gasteiger partial charge in [-0.05, 0) is 12.0 Å². The number of nitrogens with zero attached hydrogens (tertiary/aromatic N) is 3. The number of anilines is 1. The molecule has 0 saturated carbocycles. The van der Waals surface area contributed by atoms with E-state index in [1.807, 2.05) is 13.8 Å². The van der Waals surface area contributed by atoms with Gasteiger partial charge in [0, 0.05) is 19.0 Å². The molecule has 3 N–H and O–H groups in total. The highest BCUT2D eigenvalue weighted by molar-refractivity contribution is 6.05. The molecule has 2 aromatic heterocycles. The lowest BCUT2D eigenvalue weighted by Crippen LogP contribution is -2.43. The Morgan fingerprint density at radius 1 is 1.16 bits per heavy atom. The molecular weight excluding hydrogens is 406 g/mol. The smallest absolute Gasteiger partial charge is 0.359 e. The van der Waals surface area contributed by atoms with E-state index in [1.54, 1.807) is 12.1 Å². The van der Waals surface area contributed by atoms with Crippen molar-refractivity contribution in [2.45, 2.75) is 20.4 Å². The van der Waals surface area contributed by atoms with E-state index in [2.05, 4.69) is 10.2 Å². The average molecular weight is 427 g/mol. The highest BCUT2D eigenvalue weighted by Gasteiger charge is 2.24.